The van der Waals surface area contributed by atoms with Gasteiger partial charge in [-0.2, -0.15) is 0 Å². The quantitative estimate of drug-likeness (QED) is 0.151. The number of unbranched alkanes of at least 4 members (excludes halogenated alkanes) is 10. The van der Waals surface area contributed by atoms with Crippen LogP contribution in [-0.4, -0.2) is 52.1 Å². The second-order valence-electron chi connectivity index (χ2n) is 8.68. The summed E-state index contributed by atoms with van der Waals surface area (Å²) in [5.74, 6) is 0. The fourth-order valence-corrected chi connectivity index (χ4v) is 3.97. The van der Waals surface area contributed by atoms with Crippen molar-refractivity contribution in [2.24, 2.45) is 0 Å². The van der Waals surface area contributed by atoms with E-state index in [1.165, 1.54) is 64.2 Å². The standard InChI is InChI=1S/C24H49NO3S/c1-3-5-7-9-11-13-16-22(26)20-25(19-15-18-24(28)29)21-23(27)17-14-12-10-8-6-4-2/h22-23,26-27H,3-21H2,1-2H3,(H,28,29). The number of carbonyl (C=O) groups excluding carboxylic acids is 1. The molecule has 0 spiro atoms. The zero-order chi connectivity index (χ0) is 21.7. The predicted octanol–water partition coefficient (Wildman–Crippen LogP) is 5.75. The van der Waals surface area contributed by atoms with Gasteiger partial charge in [-0.3, -0.25) is 9.69 Å². The van der Waals surface area contributed by atoms with E-state index in [-0.39, 0.29) is 17.3 Å². The highest BCUT2D eigenvalue weighted by atomic mass is 32.1. The molecule has 0 fully saturated rings. The number of rotatable bonds is 22. The second kappa shape index (κ2) is 21.1. The van der Waals surface area contributed by atoms with Gasteiger partial charge in [-0.1, -0.05) is 90.9 Å². The van der Waals surface area contributed by atoms with E-state index in [1.54, 1.807) is 0 Å². The molecule has 174 valence electrons. The maximum Gasteiger partial charge on any atom is 0.185 e. The van der Waals surface area contributed by atoms with E-state index in [0.29, 0.717) is 19.5 Å². The van der Waals surface area contributed by atoms with Crippen molar-refractivity contribution in [1.82, 2.24) is 4.90 Å². The summed E-state index contributed by atoms with van der Waals surface area (Å²) in [5.41, 5.74) is 0. The molecular formula is C24H49NO3S. The summed E-state index contributed by atoms with van der Waals surface area (Å²) in [6.45, 7) is 6.35. The van der Waals surface area contributed by atoms with Crippen LogP contribution in [0.3, 0.4) is 0 Å². The number of aliphatic hydroxyl groups excluding tert-OH is 2. The Morgan fingerprint density at radius 2 is 1.14 bits per heavy atom. The minimum absolute atomic E-state index is 0.0924. The Kier molecular flexibility index (Phi) is 21.1. The smallest absolute Gasteiger partial charge is 0.185 e. The highest BCUT2D eigenvalue weighted by Gasteiger charge is 2.16. The van der Waals surface area contributed by atoms with Crippen LogP contribution < -0.4 is 0 Å². The van der Waals surface area contributed by atoms with E-state index in [0.717, 1.165) is 38.6 Å². The average Bonchev–Trinajstić information content (AvgIpc) is 2.67. The van der Waals surface area contributed by atoms with Gasteiger partial charge < -0.3 is 10.2 Å². The molecule has 0 aromatic rings. The third kappa shape index (κ3) is 20.9. The molecule has 0 saturated carbocycles. The number of carbonyl (C=O) groups is 1. The second-order valence-corrected chi connectivity index (χ2v) is 9.18. The van der Waals surface area contributed by atoms with Gasteiger partial charge in [0, 0.05) is 19.5 Å². The van der Waals surface area contributed by atoms with Crippen molar-refractivity contribution in [3.05, 3.63) is 0 Å². The minimum Gasteiger partial charge on any atom is -0.392 e. The van der Waals surface area contributed by atoms with Crippen molar-refractivity contribution >= 4 is 17.7 Å². The van der Waals surface area contributed by atoms with Crippen LogP contribution in [0.25, 0.3) is 0 Å². The van der Waals surface area contributed by atoms with E-state index >= 15 is 0 Å². The summed E-state index contributed by atoms with van der Waals surface area (Å²) in [7, 11) is 0. The molecule has 0 radical (unpaired) electrons. The molecule has 0 aliphatic heterocycles. The predicted molar refractivity (Wildman–Crippen MR) is 128 cm³/mol. The van der Waals surface area contributed by atoms with Gasteiger partial charge in [0.1, 0.15) is 0 Å². The molecule has 2 atom stereocenters. The summed E-state index contributed by atoms with van der Waals surface area (Å²) < 4.78 is 0. The van der Waals surface area contributed by atoms with Crippen LogP contribution in [0.2, 0.25) is 0 Å². The molecule has 0 rings (SSSR count). The number of hydrogen-bond acceptors (Lipinski definition) is 4. The normalized spacial score (nSPS) is 13.7. The molecular weight excluding hydrogens is 382 g/mol. The van der Waals surface area contributed by atoms with E-state index in [9.17, 15) is 15.0 Å². The van der Waals surface area contributed by atoms with Crippen molar-refractivity contribution < 1.29 is 15.0 Å². The molecule has 2 N–H and O–H groups in total. The molecule has 0 aromatic carbocycles. The summed E-state index contributed by atoms with van der Waals surface area (Å²) in [6.07, 6.45) is 16.8. The van der Waals surface area contributed by atoms with Gasteiger partial charge in [0.05, 0.1) is 12.2 Å². The zero-order valence-corrected chi connectivity index (χ0v) is 20.2. The first-order chi connectivity index (χ1) is 14.0. The SMILES string of the molecule is CCCCCCCCC(O)CN(CCCC(=O)S)CC(O)CCCCCCCC. The topological polar surface area (TPSA) is 60.8 Å². The van der Waals surface area contributed by atoms with Gasteiger partial charge in [-0.15, -0.1) is 12.6 Å². The summed E-state index contributed by atoms with van der Waals surface area (Å²) in [6, 6.07) is 0. The van der Waals surface area contributed by atoms with Crippen molar-refractivity contribution in [2.45, 2.75) is 129 Å². The van der Waals surface area contributed by atoms with E-state index < -0.39 is 0 Å². The Hall–Kier alpha value is -0.100. The van der Waals surface area contributed by atoms with Gasteiger partial charge >= 0.3 is 0 Å². The van der Waals surface area contributed by atoms with Crippen LogP contribution in [0.15, 0.2) is 0 Å². The third-order valence-electron chi connectivity index (χ3n) is 5.58. The first-order valence-corrected chi connectivity index (χ1v) is 12.7. The molecule has 2 unspecified atom stereocenters. The Balaban J connectivity index is 4.15. The van der Waals surface area contributed by atoms with Crippen LogP contribution in [0.4, 0.5) is 0 Å². The summed E-state index contributed by atoms with van der Waals surface area (Å²) >= 11 is 3.85. The van der Waals surface area contributed by atoms with Crippen molar-refractivity contribution in [1.29, 1.82) is 0 Å². The van der Waals surface area contributed by atoms with Gasteiger partial charge in [-0.05, 0) is 25.8 Å². The maximum absolute atomic E-state index is 11.1. The van der Waals surface area contributed by atoms with Crippen molar-refractivity contribution in [3.8, 4) is 0 Å². The number of aliphatic hydroxyl groups is 2. The van der Waals surface area contributed by atoms with E-state index in [1.807, 2.05) is 0 Å². The summed E-state index contributed by atoms with van der Waals surface area (Å²) in [4.78, 5) is 13.3. The first-order valence-electron chi connectivity index (χ1n) is 12.3. The number of hydrogen-bond donors (Lipinski definition) is 3. The van der Waals surface area contributed by atoms with Crippen LogP contribution in [0.1, 0.15) is 117 Å². The lowest BCUT2D eigenvalue weighted by atomic mass is 10.1. The monoisotopic (exact) mass is 431 g/mol. The molecule has 0 bridgehead atoms. The molecule has 0 amide bonds. The fourth-order valence-electron chi connectivity index (χ4n) is 3.81. The van der Waals surface area contributed by atoms with Crippen LogP contribution in [0, 0.1) is 0 Å². The molecule has 4 nitrogen and oxygen atoms in total. The lowest BCUT2D eigenvalue weighted by Crippen LogP contribution is -2.38. The maximum atomic E-state index is 11.1. The summed E-state index contributed by atoms with van der Waals surface area (Å²) in [5, 5.41) is 20.8. The van der Waals surface area contributed by atoms with Crippen LogP contribution >= 0.6 is 12.6 Å². The number of nitrogens with zero attached hydrogens (tertiary/aromatic N) is 1. The van der Waals surface area contributed by atoms with Crippen LogP contribution in [0.5, 0.6) is 0 Å². The van der Waals surface area contributed by atoms with Gasteiger partial charge in [0.25, 0.3) is 0 Å². The van der Waals surface area contributed by atoms with E-state index in [4.69, 9.17) is 0 Å². The Morgan fingerprint density at radius 1 is 0.724 bits per heavy atom. The first kappa shape index (κ1) is 28.9. The lowest BCUT2D eigenvalue weighted by Gasteiger charge is -2.27. The minimum atomic E-state index is -0.353. The van der Waals surface area contributed by atoms with E-state index in [2.05, 4.69) is 31.4 Å². The Bertz CT molecular complexity index is 344. The third-order valence-corrected chi connectivity index (χ3v) is 5.81. The fraction of sp³-hybridized carbons (Fsp3) is 0.958. The molecule has 29 heavy (non-hydrogen) atoms. The molecule has 0 heterocycles. The van der Waals surface area contributed by atoms with Gasteiger partial charge in [0.15, 0.2) is 5.12 Å². The molecule has 0 saturated heterocycles. The Labute approximate surface area is 186 Å². The highest BCUT2D eigenvalue weighted by Crippen LogP contribution is 2.13. The van der Waals surface area contributed by atoms with Gasteiger partial charge in [-0.25, -0.2) is 0 Å². The van der Waals surface area contributed by atoms with Gasteiger partial charge in [0.2, 0.25) is 0 Å². The molecule has 0 aromatic heterocycles. The largest absolute Gasteiger partial charge is 0.392 e. The zero-order valence-electron chi connectivity index (χ0n) is 19.3. The Morgan fingerprint density at radius 3 is 1.55 bits per heavy atom. The lowest BCUT2D eigenvalue weighted by molar-refractivity contribution is -0.110. The van der Waals surface area contributed by atoms with Crippen molar-refractivity contribution in [2.75, 3.05) is 19.6 Å². The average molecular weight is 432 g/mol. The van der Waals surface area contributed by atoms with Crippen LogP contribution in [-0.2, 0) is 4.79 Å². The molecule has 0 aliphatic rings. The number of thiol groups is 1. The molecule has 5 heteroatoms. The highest BCUT2D eigenvalue weighted by molar-refractivity contribution is 7.96. The van der Waals surface area contributed by atoms with Crippen molar-refractivity contribution in [3.63, 3.8) is 0 Å². The molecule has 0 aliphatic carbocycles.